The highest BCUT2D eigenvalue weighted by atomic mass is 35.5. The quantitative estimate of drug-likeness (QED) is 0.623. The number of hydrogen-bond donors (Lipinski definition) is 2. The number of rotatable bonds is 6. The maximum atomic E-state index is 10.4. The predicted octanol–water partition coefficient (Wildman–Crippen LogP) is 5.38. The van der Waals surface area contributed by atoms with Gasteiger partial charge < -0.3 is 15.2 Å². The molecule has 2 aromatic rings. The number of ether oxygens (including phenoxy) is 1. The van der Waals surface area contributed by atoms with Crippen LogP contribution in [0.25, 0.3) is 0 Å². The average molecular weight is 415 g/mol. The molecule has 1 aliphatic heterocycles. The van der Waals surface area contributed by atoms with Crippen LogP contribution in [0, 0.1) is 0 Å². The number of hydrogen-bond acceptors (Lipinski definition) is 4. The van der Waals surface area contributed by atoms with E-state index < -0.39 is 0 Å². The van der Waals surface area contributed by atoms with Crippen molar-refractivity contribution in [1.82, 2.24) is 5.32 Å². The fraction of sp³-hybridized carbons (Fsp3) is 0.136. The highest BCUT2D eigenvalue weighted by Crippen LogP contribution is 2.34. The van der Waals surface area contributed by atoms with Crippen LogP contribution in [-0.2, 0) is 0 Å². The second-order valence-corrected chi connectivity index (χ2v) is 7.01. The minimum absolute atomic E-state index is 0.0969. The molecule has 0 saturated carbocycles. The van der Waals surface area contributed by atoms with Gasteiger partial charge in [-0.25, -0.2) is 0 Å². The molecule has 0 radical (unpaired) electrons. The van der Waals surface area contributed by atoms with Gasteiger partial charge in [-0.3, -0.25) is 4.99 Å². The number of amidine groups is 1. The summed E-state index contributed by atoms with van der Waals surface area (Å²) < 4.78 is 5.40. The molecule has 144 valence electrons. The van der Waals surface area contributed by atoms with Crippen molar-refractivity contribution in [3.8, 4) is 11.5 Å². The van der Waals surface area contributed by atoms with Crippen LogP contribution >= 0.6 is 23.2 Å². The number of aromatic hydroxyl groups is 1. The molecule has 0 unspecified atom stereocenters. The summed E-state index contributed by atoms with van der Waals surface area (Å²) in [5, 5.41) is 14.9. The molecule has 0 spiro atoms. The maximum absolute atomic E-state index is 10.4. The van der Waals surface area contributed by atoms with Gasteiger partial charge in [0.05, 0.1) is 13.2 Å². The Balaban J connectivity index is 2.00. The summed E-state index contributed by atoms with van der Waals surface area (Å²) in [6, 6.07) is 12.3. The Morgan fingerprint density at radius 3 is 2.68 bits per heavy atom. The van der Waals surface area contributed by atoms with Crippen LogP contribution in [-0.4, -0.2) is 24.1 Å². The van der Waals surface area contributed by atoms with Gasteiger partial charge in [0.25, 0.3) is 0 Å². The Bertz CT molecular complexity index is 950. The van der Waals surface area contributed by atoms with E-state index in [1.807, 2.05) is 36.4 Å². The highest BCUT2D eigenvalue weighted by Gasteiger charge is 2.31. The third-order valence-corrected chi connectivity index (χ3v) is 4.89. The first-order valence-corrected chi connectivity index (χ1v) is 9.41. The molecule has 1 heterocycles. The fourth-order valence-corrected chi connectivity index (χ4v) is 3.19. The van der Waals surface area contributed by atoms with Crippen LogP contribution in [0.2, 0.25) is 5.02 Å². The average Bonchev–Trinajstić information content (AvgIpc) is 3.11. The summed E-state index contributed by atoms with van der Waals surface area (Å²) in [6.45, 7) is 3.64. The Kier molecular flexibility index (Phi) is 6.45. The van der Waals surface area contributed by atoms with E-state index >= 15 is 0 Å². The first kappa shape index (κ1) is 20.1. The number of aliphatic imine (C=N–C) groups is 1. The molecule has 0 aromatic heterocycles. The fourth-order valence-electron chi connectivity index (χ4n) is 2.99. The van der Waals surface area contributed by atoms with E-state index in [-0.39, 0.29) is 17.8 Å². The second-order valence-electron chi connectivity index (χ2n) is 6.14. The lowest BCUT2D eigenvalue weighted by atomic mass is 10.0. The van der Waals surface area contributed by atoms with Gasteiger partial charge in [0.15, 0.2) is 0 Å². The molecular weight excluding hydrogens is 395 g/mol. The first-order chi connectivity index (χ1) is 13.5. The smallest absolute Gasteiger partial charge is 0.137 e. The lowest BCUT2D eigenvalue weighted by Crippen LogP contribution is -2.30. The van der Waals surface area contributed by atoms with Gasteiger partial charge in [-0.2, -0.15) is 0 Å². The highest BCUT2D eigenvalue weighted by molar-refractivity contribution is 6.31. The number of nitrogens with zero attached hydrogens (tertiary/aromatic N) is 1. The summed E-state index contributed by atoms with van der Waals surface area (Å²) in [4.78, 5) is 4.82. The predicted molar refractivity (Wildman–Crippen MR) is 116 cm³/mol. The van der Waals surface area contributed by atoms with Crippen molar-refractivity contribution >= 4 is 29.0 Å². The summed E-state index contributed by atoms with van der Waals surface area (Å²) in [5.41, 5.74) is 1.52. The molecule has 2 aromatic carbocycles. The number of benzene rings is 2. The van der Waals surface area contributed by atoms with Crippen LogP contribution in [0.4, 0.5) is 0 Å². The van der Waals surface area contributed by atoms with Crippen LogP contribution in [0.1, 0.15) is 17.2 Å². The van der Waals surface area contributed by atoms with Gasteiger partial charge in [0, 0.05) is 10.1 Å². The van der Waals surface area contributed by atoms with Crippen molar-refractivity contribution in [2.24, 2.45) is 4.99 Å². The van der Waals surface area contributed by atoms with Gasteiger partial charge in [0.1, 0.15) is 28.9 Å². The maximum Gasteiger partial charge on any atom is 0.137 e. The lowest BCUT2D eigenvalue weighted by Gasteiger charge is -2.16. The molecule has 0 fully saturated rings. The van der Waals surface area contributed by atoms with E-state index in [2.05, 4.69) is 11.9 Å². The van der Waals surface area contributed by atoms with E-state index in [0.717, 1.165) is 5.56 Å². The third kappa shape index (κ3) is 4.41. The zero-order chi connectivity index (χ0) is 20.1. The SMILES string of the molecule is C=C/C(Cl)=C\C=C\[C@@H]1NC(c2c(O)cccc2OC)=N[C@@H]1c1ccc(Cl)cc1. The van der Waals surface area contributed by atoms with Crippen LogP contribution < -0.4 is 10.1 Å². The Morgan fingerprint density at radius 1 is 1.25 bits per heavy atom. The van der Waals surface area contributed by atoms with E-state index in [1.54, 1.807) is 37.5 Å². The standard InChI is InChI=1S/C22H20Cl2N2O2/c1-3-15(23)6-4-7-17-21(14-10-12-16(24)13-11-14)26-22(25-17)20-18(27)8-5-9-19(20)28-2/h3-13,17,21,27H,1H2,2H3,(H,25,26)/b7-4+,15-6+/t17-,21+/m0/s1. The van der Waals surface area contributed by atoms with E-state index in [4.69, 9.17) is 32.9 Å². The van der Waals surface area contributed by atoms with Gasteiger partial charge >= 0.3 is 0 Å². The molecule has 28 heavy (non-hydrogen) atoms. The summed E-state index contributed by atoms with van der Waals surface area (Å²) >= 11 is 12.0. The molecule has 3 rings (SSSR count). The topological polar surface area (TPSA) is 53.8 Å². The molecule has 0 amide bonds. The molecular formula is C22H20Cl2N2O2. The van der Waals surface area contributed by atoms with Gasteiger partial charge in [0.2, 0.25) is 0 Å². The molecule has 2 atom stereocenters. The van der Waals surface area contributed by atoms with Crippen molar-refractivity contribution in [3.05, 3.63) is 94.5 Å². The number of phenols is 1. The molecule has 0 bridgehead atoms. The number of allylic oxidation sites excluding steroid dienone is 4. The largest absolute Gasteiger partial charge is 0.507 e. The minimum Gasteiger partial charge on any atom is -0.507 e. The first-order valence-electron chi connectivity index (χ1n) is 8.66. The summed E-state index contributed by atoms with van der Waals surface area (Å²) in [6.07, 6.45) is 7.15. The van der Waals surface area contributed by atoms with E-state index in [1.165, 1.54) is 0 Å². The number of phenolic OH excluding ortho intramolecular Hbond substituents is 1. The summed E-state index contributed by atoms with van der Waals surface area (Å²) in [5.74, 6) is 1.20. The molecule has 0 aliphatic carbocycles. The molecule has 6 heteroatoms. The number of halogens is 2. The molecule has 1 aliphatic rings. The van der Waals surface area contributed by atoms with Crippen molar-refractivity contribution < 1.29 is 9.84 Å². The third-order valence-electron chi connectivity index (χ3n) is 4.35. The van der Waals surface area contributed by atoms with Crippen molar-refractivity contribution in [2.75, 3.05) is 7.11 Å². The Morgan fingerprint density at radius 2 is 2.00 bits per heavy atom. The van der Waals surface area contributed by atoms with Crippen molar-refractivity contribution in [2.45, 2.75) is 12.1 Å². The monoisotopic (exact) mass is 414 g/mol. The minimum atomic E-state index is -0.205. The Labute approximate surface area is 174 Å². The van der Waals surface area contributed by atoms with E-state index in [9.17, 15) is 5.11 Å². The molecule has 2 N–H and O–H groups in total. The normalized spacial score (nSPS) is 19.4. The van der Waals surface area contributed by atoms with Crippen molar-refractivity contribution in [1.29, 1.82) is 0 Å². The second kappa shape index (κ2) is 9.00. The van der Waals surface area contributed by atoms with Crippen LogP contribution in [0.15, 0.2) is 83.4 Å². The molecule has 0 saturated heterocycles. The van der Waals surface area contributed by atoms with Gasteiger partial charge in [-0.05, 0) is 35.9 Å². The lowest BCUT2D eigenvalue weighted by molar-refractivity contribution is 0.406. The Hall–Kier alpha value is -2.69. The summed E-state index contributed by atoms with van der Waals surface area (Å²) in [7, 11) is 1.56. The zero-order valence-corrected chi connectivity index (χ0v) is 16.8. The van der Waals surface area contributed by atoms with Gasteiger partial charge in [-0.15, -0.1) is 0 Å². The van der Waals surface area contributed by atoms with E-state index in [0.29, 0.717) is 27.2 Å². The number of methoxy groups -OCH3 is 1. The van der Waals surface area contributed by atoms with Crippen LogP contribution in [0.3, 0.4) is 0 Å². The van der Waals surface area contributed by atoms with Crippen molar-refractivity contribution in [3.63, 3.8) is 0 Å². The number of nitrogens with one attached hydrogen (secondary N) is 1. The zero-order valence-electron chi connectivity index (χ0n) is 15.3. The van der Waals surface area contributed by atoms with Crippen LogP contribution in [0.5, 0.6) is 11.5 Å². The molecule has 4 nitrogen and oxygen atoms in total. The van der Waals surface area contributed by atoms with Gasteiger partial charge in [-0.1, -0.05) is 66.2 Å².